The summed E-state index contributed by atoms with van der Waals surface area (Å²) in [6, 6.07) is 13.6. The number of H-pyrrole nitrogens is 1. The lowest BCUT2D eigenvalue weighted by Gasteiger charge is -2.27. The largest absolute Gasteiger partial charge is 0.454 e. The molecule has 6 heterocycles. The van der Waals surface area contributed by atoms with E-state index in [2.05, 4.69) is 35.5 Å². The van der Waals surface area contributed by atoms with Gasteiger partial charge in [-0.15, -0.1) is 5.10 Å². The maximum Gasteiger partial charge on any atom is 0.296 e. The van der Waals surface area contributed by atoms with Crippen LogP contribution in [0.5, 0.6) is 6.01 Å². The van der Waals surface area contributed by atoms with Crippen molar-refractivity contribution in [3.8, 4) is 34.2 Å². The molecule has 14 heteroatoms. The van der Waals surface area contributed by atoms with Crippen LogP contribution in [-0.2, 0) is 9.47 Å². The van der Waals surface area contributed by atoms with Crippen LogP contribution in [0.25, 0.3) is 39.4 Å². The molecule has 0 spiro atoms. The summed E-state index contributed by atoms with van der Waals surface area (Å²) < 4.78 is 18.6. The molecule has 192 valence electrons. The predicted molar refractivity (Wildman–Crippen MR) is 133 cm³/mol. The first-order valence-electron chi connectivity index (χ1n) is 11.7. The quantitative estimate of drug-likeness (QED) is 0.299. The summed E-state index contributed by atoms with van der Waals surface area (Å²) >= 11 is 6.58. The second kappa shape index (κ2) is 8.79. The molecule has 5 aromatic rings. The normalized spacial score (nSPS) is 24.7. The van der Waals surface area contributed by atoms with E-state index in [0.717, 1.165) is 16.7 Å². The zero-order chi connectivity index (χ0) is 25.9. The van der Waals surface area contributed by atoms with Gasteiger partial charge in [0, 0.05) is 17.3 Å². The Bertz CT molecular complexity index is 1610. The molecule has 4 aromatic heterocycles. The number of pyridine rings is 2. The highest BCUT2D eigenvalue weighted by atomic mass is 35.5. The van der Waals surface area contributed by atoms with Crippen molar-refractivity contribution in [1.29, 1.82) is 0 Å². The number of imidazole rings is 1. The third kappa shape index (κ3) is 3.79. The molecule has 38 heavy (non-hydrogen) atoms. The smallest absolute Gasteiger partial charge is 0.296 e. The molecular weight excluding hydrogens is 514 g/mol. The molecule has 4 atom stereocenters. The minimum atomic E-state index is -1.25. The van der Waals surface area contributed by atoms with Gasteiger partial charge in [0.25, 0.3) is 6.01 Å². The van der Waals surface area contributed by atoms with Crippen LogP contribution in [0.1, 0.15) is 0 Å². The highest BCUT2D eigenvalue weighted by molar-refractivity contribution is 6.33. The van der Waals surface area contributed by atoms with Gasteiger partial charge in [-0.25, -0.2) is 9.97 Å². The van der Waals surface area contributed by atoms with E-state index in [4.69, 9.17) is 31.5 Å². The van der Waals surface area contributed by atoms with Gasteiger partial charge in [0.05, 0.1) is 29.4 Å². The van der Waals surface area contributed by atoms with Gasteiger partial charge >= 0.3 is 0 Å². The molecule has 2 saturated heterocycles. The van der Waals surface area contributed by atoms with E-state index < -0.39 is 24.0 Å². The number of hydrogen-bond acceptors (Lipinski definition) is 11. The molecule has 0 saturated carbocycles. The molecule has 2 fully saturated rings. The molecule has 2 aliphatic heterocycles. The summed E-state index contributed by atoms with van der Waals surface area (Å²) in [5.74, 6) is 0.622. The van der Waals surface area contributed by atoms with E-state index in [1.807, 2.05) is 36.4 Å². The van der Waals surface area contributed by atoms with Gasteiger partial charge in [0.2, 0.25) is 0 Å². The average molecular weight is 534 g/mol. The number of nitrogens with one attached hydrogen (secondary N) is 1. The van der Waals surface area contributed by atoms with Crippen LogP contribution in [-0.4, -0.2) is 82.5 Å². The number of ether oxygens (including phenoxy) is 3. The Hall–Kier alpha value is -4.01. The summed E-state index contributed by atoms with van der Waals surface area (Å²) in [5.41, 5.74) is 9.43. The monoisotopic (exact) mass is 533 g/mol. The Kier molecular flexibility index (Phi) is 5.35. The maximum atomic E-state index is 10.0. The lowest BCUT2D eigenvalue weighted by molar-refractivity contribution is -0.0647. The van der Waals surface area contributed by atoms with Crippen LogP contribution in [0.3, 0.4) is 0 Å². The predicted octanol–water partition coefficient (Wildman–Crippen LogP) is 1.51. The molecule has 0 aliphatic carbocycles. The van der Waals surface area contributed by atoms with Crippen molar-refractivity contribution < 1.29 is 19.3 Å². The second-order valence-electron chi connectivity index (χ2n) is 9.06. The number of benzene rings is 1. The third-order valence-electron chi connectivity index (χ3n) is 6.71. The highest BCUT2D eigenvalue weighted by Gasteiger charge is 2.59. The van der Waals surface area contributed by atoms with Crippen LogP contribution in [0, 0.1) is 0 Å². The summed E-state index contributed by atoms with van der Waals surface area (Å²) in [6.07, 6.45) is 1.14. The molecule has 4 N–H and O–H groups in total. The van der Waals surface area contributed by atoms with Crippen molar-refractivity contribution in [3.63, 3.8) is 0 Å². The van der Waals surface area contributed by atoms with Crippen LogP contribution < -0.4 is 10.5 Å². The number of fused-ring (bicyclic) bond motifs is 2. The maximum absolute atomic E-state index is 10.0. The van der Waals surface area contributed by atoms with E-state index >= 15 is 0 Å². The Morgan fingerprint density at radius 1 is 1.11 bits per heavy atom. The van der Waals surface area contributed by atoms with Gasteiger partial charge in [0.15, 0.2) is 23.3 Å². The van der Waals surface area contributed by atoms with E-state index in [-0.39, 0.29) is 19.2 Å². The average Bonchev–Trinajstić information content (AvgIpc) is 3.71. The number of hydrogen-bond donors (Lipinski definition) is 3. The number of nitrogens with zero attached hydrogens (tertiary/aromatic N) is 7. The molecule has 0 radical (unpaired) electrons. The summed E-state index contributed by atoms with van der Waals surface area (Å²) in [5, 5.41) is 21.6. The van der Waals surface area contributed by atoms with E-state index in [9.17, 15) is 5.11 Å². The van der Waals surface area contributed by atoms with Gasteiger partial charge < -0.3 is 24.3 Å². The summed E-state index contributed by atoms with van der Waals surface area (Å²) in [7, 11) is 0. The first kappa shape index (κ1) is 23.1. The lowest BCUT2D eigenvalue weighted by Crippen LogP contribution is -2.57. The minimum Gasteiger partial charge on any atom is -0.454 e. The highest BCUT2D eigenvalue weighted by Crippen LogP contribution is 2.36. The van der Waals surface area contributed by atoms with Crippen LogP contribution in [0.4, 0.5) is 0 Å². The third-order valence-corrected chi connectivity index (χ3v) is 7.00. The number of nitrogens with two attached hydrogens (primary N) is 1. The number of aliphatic hydroxyl groups is 1. The van der Waals surface area contributed by atoms with E-state index in [1.165, 1.54) is 11.0 Å². The first-order valence-corrected chi connectivity index (χ1v) is 12.1. The van der Waals surface area contributed by atoms with E-state index in [0.29, 0.717) is 27.7 Å². The number of aromatic nitrogens is 8. The molecule has 2 aliphatic rings. The fraction of sp³-hybridized carbons (Fsp3) is 0.250. The van der Waals surface area contributed by atoms with Crippen LogP contribution >= 0.6 is 11.6 Å². The molecule has 0 bridgehead atoms. The summed E-state index contributed by atoms with van der Waals surface area (Å²) in [4.78, 5) is 16.6. The molecule has 0 unspecified atom stereocenters. The van der Waals surface area contributed by atoms with Gasteiger partial charge in [-0.1, -0.05) is 35.9 Å². The van der Waals surface area contributed by atoms with Crippen LogP contribution in [0.2, 0.25) is 5.02 Å². The minimum absolute atomic E-state index is 0.0863. The van der Waals surface area contributed by atoms with Gasteiger partial charge in [-0.05, 0) is 34.2 Å². The van der Waals surface area contributed by atoms with Crippen molar-refractivity contribution in [2.75, 3.05) is 13.2 Å². The lowest BCUT2D eigenvalue weighted by atomic mass is 10.0. The number of aliphatic hydroxyl groups excluding tert-OH is 1. The van der Waals surface area contributed by atoms with Gasteiger partial charge in [0.1, 0.15) is 18.5 Å². The van der Waals surface area contributed by atoms with Crippen molar-refractivity contribution >= 4 is 22.8 Å². The zero-order valence-corrected chi connectivity index (χ0v) is 20.4. The first-order chi connectivity index (χ1) is 18.5. The molecule has 13 nitrogen and oxygen atoms in total. The topological polar surface area (TPSA) is 172 Å². The van der Waals surface area contributed by atoms with E-state index in [1.54, 1.807) is 12.3 Å². The number of rotatable bonds is 5. The van der Waals surface area contributed by atoms with Gasteiger partial charge in [-0.2, -0.15) is 9.67 Å². The van der Waals surface area contributed by atoms with Crippen molar-refractivity contribution in [3.05, 3.63) is 60.0 Å². The molecule has 7 rings (SSSR count). The summed E-state index contributed by atoms with van der Waals surface area (Å²) in [6.45, 7) is 0.250. The number of halogens is 1. The van der Waals surface area contributed by atoms with Crippen molar-refractivity contribution in [2.45, 2.75) is 24.0 Å². The van der Waals surface area contributed by atoms with Crippen LogP contribution in [0.15, 0.2) is 55.0 Å². The fourth-order valence-corrected chi connectivity index (χ4v) is 4.99. The second-order valence-corrected chi connectivity index (χ2v) is 9.47. The number of tetrazole rings is 1. The molecular formula is C24H20ClN9O4. The Morgan fingerprint density at radius 3 is 2.68 bits per heavy atom. The zero-order valence-electron chi connectivity index (χ0n) is 19.6. The van der Waals surface area contributed by atoms with Crippen molar-refractivity contribution in [2.24, 2.45) is 5.73 Å². The SMILES string of the molecule is N[C@]12OC[C@@H](O)[C@H]1OC[C@H]2Oc1nc2nc(-c3ccc(-c4ccc(-n5cnnn5)nc4)cc3)c(Cl)cc2[nH]1. The molecule has 0 amide bonds. The molecule has 1 aromatic carbocycles. The number of aromatic amines is 1. The fourth-order valence-electron chi connectivity index (χ4n) is 4.73. The van der Waals surface area contributed by atoms with Gasteiger partial charge in [-0.3, -0.25) is 5.73 Å². The Morgan fingerprint density at radius 2 is 1.92 bits per heavy atom. The standard InChI is InChI=1S/C24H20ClN9O4/c25-15-7-16-22(31-23(29-16)38-18-10-36-21-17(35)9-37-24(18,21)26)30-20(15)13-3-1-12(2-4-13)14-5-6-19(27-8-14)34-11-28-32-33-34/h1-8,11,17-18,21,35H,9-10,26H2,(H,29,30,31)/t17-,18-,21-,24-/m1/s1. The Balaban J connectivity index is 1.12. The van der Waals surface area contributed by atoms with Crippen molar-refractivity contribution in [1.82, 2.24) is 40.1 Å². The Labute approximate surface area is 219 Å².